The molecule has 18 heavy (non-hydrogen) atoms. The zero-order valence-electron chi connectivity index (χ0n) is 9.63. The van der Waals surface area contributed by atoms with Gasteiger partial charge in [-0.2, -0.15) is 5.26 Å². The van der Waals surface area contributed by atoms with Crippen LogP contribution in [0.3, 0.4) is 0 Å². The van der Waals surface area contributed by atoms with Crippen molar-refractivity contribution >= 4 is 5.91 Å². The number of carbonyl (C=O) groups is 1. The maximum absolute atomic E-state index is 11.9. The number of nitrogens with zero attached hydrogens (tertiary/aromatic N) is 2. The molecule has 4 nitrogen and oxygen atoms in total. The molecular formula is C14H11N3O. The Balaban J connectivity index is 2.07. The minimum atomic E-state index is -0.288. The van der Waals surface area contributed by atoms with E-state index in [-0.39, 0.29) is 5.91 Å². The van der Waals surface area contributed by atoms with Crippen LogP contribution in [0.2, 0.25) is 0 Å². The van der Waals surface area contributed by atoms with Crippen LogP contribution < -0.4 is 5.32 Å². The fraction of sp³-hybridized carbons (Fsp3) is 0.0714. The minimum absolute atomic E-state index is 0.288. The number of nitriles is 1. The summed E-state index contributed by atoms with van der Waals surface area (Å²) >= 11 is 0. The standard InChI is InChI=1S/C14H11N3O/c15-8-12-6-7-16-10-13(12)14(18)17-9-11-4-2-1-3-5-11/h1-7,10H,9H2,(H,17,18). The average Bonchev–Trinajstić information content (AvgIpc) is 2.45. The predicted molar refractivity (Wildman–Crippen MR) is 66.6 cm³/mol. The summed E-state index contributed by atoms with van der Waals surface area (Å²) in [5.74, 6) is -0.288. The van der Waals surface area contributed by atoms with E-state index < -0.39 is 0 Å². The summed E-state index contributed by atoms with van der Waals surface area (Å²) in [5, 5.41) is 11.7. The molecule has 88 valence electrons. The van der Waals surface area contributed by atoms with Crippen molar-refractivity contribution in [1.82, 2.24) is 10.3 Å². The summed E-state index contributed by atoms with van der Waals surface area (Å²) in [6, 6.07) is 13.1. The van der Waals surface area contributed by atoms with Gasteiger partial charge in [0.1, 0.15) is 6.07 Å². The fourth-order valence-corrected chi connectivity index (χ4v) is 1.55. The first-order chi connectivity index (χ1) is 8.81. The lowest BCUT2D eigenvalue weighted by atomic mass is 10.1. The van der Waals surface area contributed by atoms with Gasteiger partial charge in [-0.05, 0) is 11.6 Å². The lowest BCUT2D eigenvalue weighted by Crippen LogP contribution is -2.23. The van der Waals surface area contributed by atoms with Crippen molar-refractivity contribution in [2.45, 2.75) is 6.54 Å². The van der Waals surface area contributed by atoms with E-state index in [9.17, 15) is 4.79 Å². The van der Waals surface area contributed by atoms with Gasteiger partial charge in [-0.3, -0.25) is 9.78 Å². The Hall–Kier alpha value is -2.67. The number of hydrogen-bond donors (Lipinski definition) is 1. The summed E-state index contributed by atoms with van der Waals surface area (Å²) in [6.07, 6.45) is 2.89. The van der Waals surface area contributed by atoms with Crippen LogP contribution in [0.4, 0.5) is 0 Å². The molecule has 0 bridgehead atoms. The number of carbonyl (C=O) groups excluding carboxylic acids is 1. The third kappa shape index (κ3) is 2.71. The molecule has 0 atom stereocenters. The Morgan fingerprint density at radius 1 is 1.28 bits per heavy atom. The number of pyridine rings is 1. The molecule has 0 unspecified atom stereocenters. The van der Waals surface area contributed by atoms with Gasteiger partial charge in [0.05, 0.1) is 11.1 Å². The summed E-state index contributed by atoms with van der Waals surface area (Å²) < 4.78 is 0. The number of benzene rings is 1. The van der Waals surface area contributed by atoms with E-state index in [4.69, 9.17) is 5.26 Å². The molecule has 1 N–H and O–H groups in total. The molecule has 2 rings (SSSR count). The zero-order chi connectivity index (χ0) is 12.8. The van der Waals surface area contributed by atoms with Crippen molar-refractivity contribution in [3.8, 4) is 6.07 Å². The second-order valence-corrected chi connectivity index (χ2v) is 3.70. The van der Waals surface area contributed by atoms with Gasteiger partial charge >= 0.3 is 0 Å². The molecule has 0 fully saturated rings. The van der Waals surface area contributed by atoms with Crippen LogP contribution in [0.15, 0.2) is 48.8 Å². The van der Waals surface area contributed by atoms with Gasteiger partial charge in [0.25, 0.3) is 5.91 Å². The molecule has 1 aromatic heterocycles. The first kappa shape index (κ1) is 11.8. The van der Waals surface area contributed by atoms with Crippen LogP contribution in [0, 0.1) is 11.3 Å². The van der Waals surface area contributed by atoms with Gasteiger partial charge < -0.3 is 5.32 Å². The highest BCUT2D eigenvalue weighted by molar-refractivity contribution is 5.96. The monoisotopic (exact) mass is 237 g/mol. The molecule has 0 saturated carbocycles. The molecule has 0 aliphatic carbocycles. The van der Waals surface area contributed by atoms with Crippen LogP contribution in [-0.4, -0.2) is 10.9 Å². The number of rotatable bonds is 3. The highest BCUT2D eigenvalue weighted by Gasteiger charge is 2.10. The van der Waals surface area contributed by atoms with E-state index in [2.05, 4.69) is 10.3 Å². The smallest absolute Gasteiger partial charge is 0.254 e. The van der Waals surface area contributed by atoms with Crippen molar-refractivity contribution in [1.29, 1.82) is 5.26 Å². The highest BCUT2D eigenvalue weighted by atomic mass is 16.1. The summed E-state index contributed by atoms with van der Waals surface area (Å²) in [4.78, 5) is 15.8. The summed E-state index contributed by atoms with van der Waals surface area (Å²) in [6.45, 7) is 0.430. The van der Waals surface area contributed by atoms with Gasteiger partial charge in [-0.25, -0.2) is 0 Å². The Morgan fingerprint density at radius 2 is 2.06 bits per heavy atom. The van der Waals surface area contributed by atoms with Gasteiger partial charge in [0.15, 0.2) is 0 Å². The average molecular weight is 237 g/mol. The first-order valence-corrected chi connectivity index (χ1v) is 5.47. The van der Waals surface area contributed by atoms with Crippen LogP contribution >= 0.6 is 0 Å². The molecule has 4 heteroatoms. The van der Waals surface area contributed by atoms with E-state index in [1.807, 2.05) is 36.4 Å². The highest BCUT2D eigenvalue weighted by Crippen LogP contribution is 2.05. The fourth-order valence-electron chi connectivity index (χ4n) is 1.55. The van der Waals surface area contributed by atoms with E-state index in [1.165, 1.54) is 18.5 Å². The molecule has 0 spiro atoms. The maximum atomic E-state index is 11.9. The third-order valence-corrected chi connectivity index (χ3v) is 2.48. The Kier molecular flexibility index (Phi) is 3.67. The van der Waals surface area contributed by atoms with Gasteiger partial charge in [-0.15, -0.1) is 0 Å². The Morgan fingerprint density at radius 3 is 2.78 bits per heavy atom. The van der Waals surface area contributed by atoms with E-state index >= 15 is 0 Å². The Bertz CT molecular complexity index is 587. The third-order valence-electron chi connectivity index (χ3n) is 2.48. The number of hydrogen-bond acceptors (Lipinski definition) is 3. The topological polar surface area (TPSA) is 65.8 Å². The number of aromatic nitrogens is 1. The molecule has 1 aromatic carbocycles. The lowest BCUT2D eigenvalue weighted by Gasteiger charge is -2.05. The predicted octanol–water partition coefficient (Wildman–Crippen LogP) is 1.88. The normalized spacial score (nSPS) is 9.50. The maximum Gasteiger partial charge on any atom is 0.254 e. The van der Waals surface area contributed by atoms with Crippen molar-refractivity contribution in [2.75, 3.05) is 0 Å². The van der Waals surface area contributed by atoms with Crippen LogP contribution in [0.1, 0.15) is 21.5 Å². The van der Waals surface area contributed by atoms with Crippen molar-refractivity contribution in [3.63, 3.8) is 0 Å². The van der Waals surface area contributed by atoms with E-state index in [0.717, 1.165) is 5.56 Å². The number of nitrogens with one attached hydrogen (secondary N) is 1. The molecule has 0 aliphatic heterocycles. The zero-order valence-corrected chi connectivity index (χ0v) is 9.63. The molecule has 1 amide bonds. The van der Waals surface area contributed by atoms with Crippen molar-refractivity contribution in [2.24, 2.45) is 0 Å². The molecule has 0 aliphatic rings. The second-order valence-electron chi connectivity index (χ2n) is 3.70. The largest absolute Gasteiger partial charge is 0.348 e. The van der Waals surface area contributed by atoms with Crippen LogP contribution in [-0.2, 0) is 6.54 Å². The number of amides is 1. The molecule has 0 radical (unpaired) electrons. The molecule has 1 heterocycles. The van der Waals surface area contributed by atoms with Crippen molar-refractivity contribution in [3.05, 3.63) is 65.5 Å². The van der Waals surface area contributed by atoms with Gasteiger partial charge in [0.2, 0.25) is 0 Å². The quantitative estimate of drug-likeness (QED) is 0.886. The first-order valence-electron chi connectivity index (χ1n) is 5.47. The van der Waals surface area contributed by atoms with E-state index in [1.54, 1.807) is 0 Å². The Labute approximate surface area is 105 Å². The lowest BCUT2D eigenvalue weighted by molar-refractivity contribution is 0.0950. The van der Waals surface area contributed by atoms with Gasteiger partial charge in [0, 0.05) is 18.9 Å². The van der Waals surface area contributed by atoms with Crippen molar-refractivity contribution < 1.29 is 4.79 Å². The molecular weight excluding hydrogens is 226 g/mol. The molecule has 2 aromatic rings. The van der Waals surface area contributed by atoms with E-state index in [0.29, 0.717) is 17.7 Å². The van der Waals surface area contributed by atoms with Gasteiger partial charge in [-0.1, -0.05) is 30.3 Å². The van der Waals surface area contributed by atoms with Crippen LogP contribution in [0.25, 0.3) is 0 Å². The second kappa shape index (κ2) is 5.60. The van der Waals surface area contributed by atoms with Crippen LogP contribution in [0.5, 0.6) is 0 Å². The summed E-state index contributed by atoms with van der Waals surface area (Å²) in [7, 11) is 0. The SMILES string of the molecule is N#Cc1ccncc1C(=O)NCc1ccccc1. The molecule has 0 saturated heterocycles. The minimum Gasteiger partial charge on any atom is -0.348 e. The summed E-state index contributed by atoms with van der Waals surface area (Å²) in [5.41, 5.74) is 1.64.